The van der Waals surface area contributed by atoms with Crippen LogP contribution in [0.1, 0.15) is 19.3 Å². The molecule has 0 unspecified atom stereocenters. The Balaban J connectivity index is -0.000000320. The monoisotopic (exact) mass is 236 g/mol. The van der Waals surface area contributed by atoms with Crippen molar-refractivity contribution >= 4 is 58.5 Å². The van der Waals surface area contributed by atoms with E-state index < -0.39 is 11.9 Å². The Labute approximate surface area is 97.0 Å². The van der Waals surface area contributed by atoms with Gasteiger partial charge in [-0.2, -0.15) is 0 Å². The Hall–Kier alpha value is 0.420. The van der Waals surface area contributed by atoms with E-state index in [1.54, 1.807) is 0 Å². The zero-order valence-corrected chi connectivity index (χ0v) is 6.95. The molecule has 0 aromatic heterocycles. The number of rotatable bonds is 4. The molecule has 2 N–H and O–H groups in total. The quantitative estimate of drug-likeness (QED) is 0.687. The molecule has 0 radical (unpaired) electrons. The van der Waals surface area contributed by atoms with Crippen LogP contribution >= 0.6 is 17.0 Å². The first-order valence-electron chi connectivity index (χ1n) is 2.56. The second-order valence-corrected chi connectivity index (χ2v) is 1.64. The number of hydrogen-bond acceptors (Lipinski definition) is 2. The molecular formula is C5H10BrNaO4. The molecule has 0 aromatic carbocycles. The van der Waals surface area contributed by atoms with Crippen molar-refractivity contribution in [3.05, 3.63) is 0 Å². The Morgan fingerprint density at radius 1 is 1.00 bits per heavy atom. The summed E-state index contributed by atoms with van der Waals surface area (Å²) in [4.78, 5) is 19.6. The summed E-state index contributed by atoms with van der Waals surface area (Å²) in [5.74, 6) is -1.90. The van der Waals surface area contributed by atoms with Crippen LogP contribution in [0.5, 0.6) is 0 Å². The van der Waals surface area contributed by atoms with E-state index in [0.29, 0.717) is 0 Å². The van der Waals surface area contributed by atoms with Crippen LogP contribution in [-0.2, 0) is 9.59 Å². The third-order valence-electron chi connectivity index (χ3n) is 0.781. The first kappa shape index (κ1) is 17.5. The molecule has 11 heavy (non-hydrogen) atoms. The fraction of sp³-hybridized carbons (Fsp3) is 0.600. The molecule has 0 heterocycles. The van der Waals surface area contributed by atoms with Crippen molar-refractivity contribution in [1.29, 1.82) is 0 Å². The molecule has 0 amide bonds. The number of aliphatic carboxylic acids is 2. The summed E-state index contributed by atoms with van der Waals surface area (Å²) in [5.41, 5.74) is 0. The molecular weight excluding hydrogens is 227 g/mol. The van der Waals surface area contributed by atoms with Gasteiger partial charge in [0.05, 0.1) is 0 Å². The zero-order valence-electron chi connectivity index (χ0n) is 5.24. The molecule has 0 saturated carbocycles. The molecule has 62 valence electrons. The van der Waals surface area contributed by atoms with Crippen molar-refractivity contribution < 1.29 is 19.8 Å². The van der Waals surface area contributed by atoms with Gasteiger partial charge in [0.15, 0.2) is 0 Å². The van der Waals surface area contributed by atoms with Crippen molar-refractivity contribution in [3.8, 4) is 0 Å². The summed E-state index contributed by atoms with van der Waals surface area (Å²) in [5, 5.41) is 16.1. The second-order valence-electron chi connectivity index (χ2n) is 1.64. The van der Waals surface area contributed by atoms with Crippen LogP contribution in [0.4, 0.5) is 0 Å². The summed E-state index contributed by atoms with van der Waals surface area (Å²) >= 11 is 0. The summed E-state index contributed by atoms with van der Waals surface area (Å²) in [6, 6.07) is 0. The van der Waals surface area contributed by atoms with Crippen molar-refractivity contribution in [2.75, 3.05) is 0 Å². The predicted molar refractivity (Wildman–Crippen MR) is 46.6 cm³/mol. The molecule has 0 rings (SSSR count). The van der Waals surface area contributed by atoms with Gasteiger partial charge in [-0.1, -0.05) is 0 Å². The average molecular weight is 237 g/mol. The van der Waals surface area contributed by atoms with Crippen molar-refractivity contribution in [1.82, 2.24) is 0 Å². The minimum atomic E-state index is -0.948. The molecule has 0 aliphatic heterocycles. The van der Waals surface area contributed by atoms with Crippen molar-refractivity contribution in [2.24, 2.45) is 0 Å². The van der Waals surface area contributed by atoms with Gasteiger partial charge in [-0.3, -0.25) is 9.59 Å². The van der Waals surface area contributed by atoms with E-state index in [-0.39, 0.29) is 65.8 Å². The summed E-state index contributed by atoms with van der Waals surface area (Å²) in [6.07, 6.45) is 0.0866. The Morgan fingerprint density at radius 2 is 1.27 bits per heavy atom. The molecule has 4 nitrogen and oxygen atoms in total. The van der Waals surface area contributed by atoms with Crippen LogP contribution in [0.15, 0.2) is 0 Å². The van der Waals surface area contributed by atoms with Gasteiger partial charge in [0.1, 0.15) is 0 Å². The second kappa shape index (κ2) is 10.4. The molecule has 0 atom stereocenters. The standard InChI is InChI=1S/C5H8O4.BrH.Na.H/c6-4(7)2-1-3-5(8)9;;;/h1-3H2,(H,6,7)(H,8,9);1H;;. The SMILES string of the molecule is Br.O=C(O)CCCC(=O)O.[NaH]. The van der Waals surface area contributed by atoms with Crippen LogP contribution < -0.4 is 0 Å². The Morgan fingerprint density at radius 3 is 1.45 bits per heavy atom. The maximum atomic E-state index is 9.79. The summed E-state index contributed by atoms with van der Waals surface area (Å²) in [7, 11) is 0. The van der Waals surface area contributed by atoms with Gasteiger partial charge >= 0.3 is 41.5 Å². The molecule has 0 spiro atoms. The van der Waals surface area contributed by atoms with Crippen LogP contribution in [0, 0.1) is 0 Å². The molecule has 0 bridgehead atoms. The fourth-order valence-electron chi connectivity index (χ4n) is 0.391. The van der Waals surface area contributed by atoms with Gasteiger partial charge in [-0.25, -0.2) is 0 Å². The van der Waals surface area contributed by atoms with Gasteiger partial charge < -0.3 is 10.2 Å². The maximum absolute atomic E-state index is 9.79. The van der Waals surface area contributed by atoms with Crippen LogP contribution in [-0.4, -0.2) is 51.7 Å². The van der Waals surface area contributed by atoms with Crippen molar-refractivity contribution in [2.45, 2.75) is 19.3 Å². The third-order valence-corrected chi connectivity index (χ3v) is 0.781. The number of carbonyl (C=O) groups is 2. The van der Waals surface area contributed by atoms with E-state index in [1.807, 2.05) is 0 Å². The van der Waals surface area contributed by atoms with Gasteiger partial charge in [0, 0.05) is 12.8 Å². The normalized spacial score (nSPS) is 7.27. The molecule has 0 aliphatic carbocycles. The first-order valence-corrected chi connectivity index (χ1v) is 2.56. The molecule has 0 aromatic rings. The van der Waals surface area contributed by atoms with Gasteiger partial charge in [0.25, 0.3) is 0 Å². The van der Waals surface area contributed by atoms with E-state index in [1.165, 1.54) is 0 Å². The van der Waals surface area contributed by atoms with E-state index in [9.17, 15) is 9.59 Å². The Bertz CT molecular complexity index is 114. The van der Waals surface area contributed by atoms with Gasteiger partial charge in [0.2, 0.25) is 0 Å². The number of halogens is 1. The zero-order chi connectivity index (χ0) is 7.28. The predicted octanol–water partition coefficient (Wildman–Crippen LogP) is 0.255. The van der Waals surface area contributed by atoms with Crippen LogP contribution in [0.25, 0.3) is 0 Å². The van der Waals surface area contributed by atoms with E-state index in [4.69, 9.17) is 10.2 Å². The van der Waals surface area contributed by atoms with E-state index in [2.05, 4.69) is 0 Å². The summed E-state index contributed by atoms with van der Waals surface area (Å²) in [6.45, 7) is 0. The van der Waals surface area contributed by atoms with Gasteiger partial charge in [-0.05, 0) is 6.42 Å². The van der Waals surface area contributed by atoms with E-state index >= 15 is 0 Å². The van der Waals surface area contributed by atoms with E-state index in [0.717, 1.165) is 0 Å². The number of carboxylic acid groups (broad SMARTS) is 2. The number of hydrogen-bond donors (Lipinski definition) is 2. The van der Waals surface area contributed by atoms with Crippen LogP contribution in [0.3, 0.4) is 0 Å². The third kappa shape index (κ3) is 17.9. The molecule has 0 saturated heterocycles. The van der Waals surface area contributed by atoms with Gasteiger partial charge in [-0.15, -0.1) is 17.0 Å². The molecule has 6 heteroatoms. The Kier molecular flexibility index (Phi) is 16.6. The fourth-order valence-corrected chi connectivity index (χ4v) is 0.391. The topological polar surface area (TPSA) is 74.6 Å². The van der Waals surface area contributed by atoms with Crippen molar-refractivity contribution in [3.63, 3.8) is 0 Å². The molecule has 0 aliphatic rings. The summed E-state index contributed by atoms with van der Waals surface area (Å²) < 4.78 is 0. The average Bonchev–Trinajstić information content (AvgIpc) is 1.63. The van der Waals surface area contributed by atoms with Crippen LogP contribution in [0.2, 0.25) is 0 Å². The first-order chi connectivity index (χ1) is 4.13. The number of carboxylic acids is 2. The molecule has 0 fully saturated rings. The minimum absolute atomic E-state index is 0.